The Bertz CT molecular complexity index is 268. The normalized spacial score (nSPS) is 9.55. The van der Waals surface area contributed by atoms with E-state index in [2.05, 4.69) is 15.5 Å². The van der Waals surface area contributed by atoms with E-state index in [9.17, 15) is 4.79 Å². The molecule has 1 heterocycles. The van der Waals surface area contributed by atoms with Gasteiger partial charge in [-0.2, -0.15) is 5.10 Å². The molecule has 11 heavy (non-hydrogen) atoms. The summed E-state index contributed by atoms with van der Waals surface area (Å²) < 4.78 is 0. The molecule has 0 radical (unpaired) electrons. The van der Waals surface area contributed by atoms with Crippen LogP contribution in [0.5, 0.6) is 0 Å². The Morgan fingerprint density at radius 3 is 3.18 bits per heavy atom. The van der Waals surface area contributed by atoms with Crippen LogP contribution in [0.15, 0.2) is 17.1 Å². The molecule has 1 rings (SSSR count). The Hall–Kier alpha value is -1.32. The molecule has 0 bridgehead atoms. The van der Waals surface area contributed by atoms with Gasteiger partial charge in [-0.15, -0.1) is 0 Å². The van der Waals surface area contributed by atoms with Crippen molar-refractivity contribution in [2.45, 2.75) is 13.3 Å². The first-order valence-electron chi connectivity index (χ1n) is 3.62. The average molecular weight is 153 g/mol. The second-order valence-electron chi connectivity index (χ2n) is 2.23. The van der Waals surface area contributed by atoms with E-state index in [0.717, 1.165) is 13.0 Å². The fraction of sp³-hybridized carbons (Fsp3) is 0.429. The van der Waals surface area contributed by atoms with E-state index in [-0.39, 0.29) is 5.56 Å². The zero-order valence-electron chi connectivity index (χ0n) is 6.42. The summed E-state index contributed by atoms with van der Waals surface area (Å²) in [7, 11) is 0. The highest BCUT2D eigenvalue weighted by Gasteiger charge is 1.93. The van der Waals surface area contributed by atoms with Crippen LogP contribution >= 0.6 is 0 Å². The molecule has 0 atom stereocenters. The van der Waals surface area contributed by atoms with E-state index < -0.39 is 0 Å². The lowest BCUT2D eigenvalue weighted by atomic mass is 10.4. The third-order valence-corrected chi connectivity index (χ3v) is 1.29. The van der Waals surface area contributed by atoms with E-state index >= 15 is 0 Å². The Balaban J connectivity index is 2.70. The van der Waals surface area contributed by atoms with E-state index in [1.165, 1.54) is 0 Å². The van der Waals surface area contributed by atoms with Gasteiger partial charge in [0.25, 0.3) is 5.56 Å². The van der Waals surface area contributed by atoms with Gasteiger partial charge in [-0.25, -0.2) is 5.10 Å². The smallest absolute Gasteiger partial charge is 0.287 e. The minimum absolute atomic E-state index is 0.166. The van der Waals surface area contributed by atoms with E-state index in [1.54, 1.807) is 12.3 Å². The van der Waals surface area contributed by atoms with Crippen LogP contribution in [-0.4, -0.2) is 16.7 Å². The minimum Gasteiger partial charge on any atom is -0.381 e. The number of rotatable bonds is 3. The van der Waals surface area contributed by atoms with Crippen molar-refractivity contribution in [2.24, 2.45) is 0 Å². The van der Waals surface area contributed by atoms with Crippen molar-refractivity contribution < 1.29 is 0 Å². The van der Waals surface area contributed by atoms with Crippen LogP contribution in [0.3, 0.4) is 0 Å². The molecule has 2 N–H and O–H groups in total. The molecule has 0 fully saturated rings. The van der Waals surface area contributed by atoms with Gasteiger partial charge in [0.2, 0.25) is 0 Å². The second-order valence-corrected chi connectivity index (χ2v) is 2.23. The van der Waals surface area contributed by atoms with Crippen molar-refractivity contribution in [3.63, 3.8) is 0 Å². The molecule has 1 aromatic rings. The van der Waals surface area contributed by atoms with E-state index in [4.69, 9.17) is 0 Å². The summed E-state index contributed by atoms with van der Waals surface area (Å²) in [5.41, 5.74) is 0.419. The zero-order chi connectivity index (χ0) is 8.10. The standard InChI is InChI=1S/C7H11N3O/c1-2-4-8-6-3-5-9-10-7(6)11/h3,5H,2,4H2,1H3,(H,8,9)(H,10,11). The van der Waals surface area contributed by atoms with Gasteiger partial charge < -0.3 is 5.32 Å². The van der Waals surface area contributed by atoms with Gasteiger partial charge in [-0.05, 0) is 12.5 Å². The Morgan fingerprint density at radius 1 is 1.73 bits per heavy atom. The van der Waals surface area contributed by atoms with Gasteiger partial charge in [0.1, 0.15) is 5.69 Å². The van der Waals surface area contributed by atoms with Gasteiger partial charge in [0, 0.05) is 12.7 Å². The Morgan fingerprint density at radius 2 is 2.55 bits per heavy atom. The predicted molar refractivity (Wildman–Crippen MR) is 43.6 cm³/mol. The molecule has 0 amide bonds. The van der Waals surface area contributed by atoms with Crippen LogP contribution < -0.4 is 10.9 Å². The first kappa shape index (κ1) is 7.78. The molecular formula is C7H11N3O. The number of H-pyrrole nitrogens is 1. The SMILES string of the molecule is CCCNc1ccn[nH]c1=O. The molecule has 60 valence electrons. The molecule has 0 spiro atoms. The first-order valence-corrected chi connectivity index (χ1v) is 3.62. The van der Waals surface area contributed by atoms with Crippen LogP contribution in [0, 0.1) is 0 Å². The van der Waals surface area contributed by atoms with Crippen molar-refractivity contribution in [3.05, 3.63) is 22.6 Å². The summed E-state index contributed by atoms with van der Waals surface area (Å²) in [6, 6.07) is 1.66. The molecule has 0 aliphatic carbocycles. The van der Waals surface area contributed by atoms with Gasteiger partial charge in [-0.1, -0.05) is 6.92 Å². The summed E-state index contributed by atoms with van der Waals surface area (Å²) in [5, 5.41) is 8.90. The van der Waals surface area contributed by atoms with Gasteiger partial charge in [0.05, 0.1) is 0 Å². The van der Waals surface area contributed by atoms with Crippen molar-refractivity contribution in [3.8, 4) is 0 Å². The average Bonchev–Trinajstić information content (AvgIpc) is 2.03. The predicted octanol–water partition coefficient (Wildman–Crippen LogP) is 0.592. The van der Waals surface area contributed by atoms with Crippen LogP contribution in [0.2, 0.25) is 0 Å². The highest BCUT2D eigenvalue weighted by atomic mass is 16.1. The highest BCUT2D eigenvalue weighted by Crippen LogP contribution is 1.93. The summed E-state index contributed by atoms with van der Waals surface area (Å²) in [6.07, 6.45) is 2.56. The minimum atomic E-state index is -0.166. The molecule has 0 saturated carbocycles. The van der Waals surface area contributed by atoms with Crippen molar-refractivity contribution in [1.82, 2.24) is 10.2 Å². The lowest BCUT2D eigenvalue weighted by Gasteiger charge is -2.00. The Kier molecular flexibility index (Phi) is 2.66. The van der Waals surface area contributed by atoms with Crippen LogP contribution in [-0.2, 0) is 0 Å². The highest BCUT2D eigenvalue weighted by molar-refractivity contribution is 5.38. The first-order chi connectivity index (χ1) is 5.34. The number of hydrogen-bond donors (Lipinski definition) is 2. The molecule has 4 nitrogen and oxygen atoms in total. The van der Waals surface area contributed by atoms with Crippen LogP contribution in [0.4, 0.5) is 5.69 Å². The molecule has 0 saturated heterocycles. The molecule has 0 aliphatic rings. The van der Waals surface area contributed by atoms with Crippen molar-refractivity contribution in [2.75, 3.05) is 11.9 Å². The topological polar surface area (TPSA) is 57.8 Å². The molecule has 0 aliphatic heterocycles. The van der Waals surface area contributed by atoms with E-state index in [1.807, 2.05) is 6.92 Å². The Labute approximate surface area is 64.6 Å². The van der Waals surface area contributed by atoms with Gasteiger partial charge in [0.15, 0.2) is 0 Å². The lowest BCUT2D eigenvalue weighted by molar-refractivity contribution is 0.948. The monoisotopic (exact) mass is 153 g/mol. The number of nitrogens with one attached hydrogen (secondary N) is 2. The lowest BCUT2D eigenvalue weighted by Crippen LogP contribution is -2.14. The number of aromatic nitrogens is 2. The molecule has 1 aromatic heterocycles. The number of anilines is 1. The summed E-state index contributed by atoms with van der Waals surface area (Å²) >= 11 is 0. The van der Waals surface area contributed by atoms with Crippen LogP contribution in [0.1, 0.15) is 13.3 Å². The third-order valence-electron chi connectivity index (χ3n) is 1.29. The summed E-state index contributed by atoms with van der Waals surface area (Å²) in [5.74, 6) is 0. The molecule has 0 unspecified atom stereocenters. The third kappa shape index (κ3) is 2.07. The summed E-state index contributed by atoms with van der Waals surface area (Å²) in [6.45, 7) is 2.86. The number of nitrogens with zero attached hydrogens (tertiary/aromatic N) is 1. The van der Waals surface area contributed by atoms with E-state index in [0.29, 0.717) is 5.69 Å². The molecule has 4 heteroatoms. The number of aromatic amines is 1. The second kappa shape index (κ2) is 3.75. The largest absolute Gasteiger partial charge is 0.381 e. The zero-order valence-corrected chi connectivity index (χ0v) is 6.42. The molecular weight excluding hydrogens is 142 g/mol. The fourth-order valence-corrected chi connectivity index (χ4v) is 0.742. The maximum absolute atomic E-state index is 10.9. The summed E-state index contributed by atoms with van der Waals surface area (Å²) in [4.78, 5) is 10.9. The number of hydrogen-bond acceptors (Lipinski definition) is 3. The van der Waals surface area contributed by atoms with Crippen LogP contribution in [0.25, 0.3) is 0 Å². The maximum atomic E-state index is 10.9. The van der Waals surface area contributed by atoms with Crippen molar-refractivity contribution >= 4 is 5.69 Å². The fourth-order valence-electron chi connectivity index (χ4n) is 0.742. The van der Waals surface area contributed by atoms with Crippen molar-refractivity contribution in [1.29, 1.82) is 0 Å². The van der Waals surface area contributed by atoms with Gasteiger partial charge >= 0.3 is 0 Å². The quantitative estimate of drug-likeness (QED) is 0.668. The van der Waals surface area contributed by atoms with Gasteiger partial charge in [-0.3, -0.25) is 4.79 Å². The molecule has 0 aromatic carbocycles. The maximum Gasteiger partial charge on any atom is 0.287 e.